The second-order valence-corrected chi connectivity index (χ2v) is 2.97. The molecule has 0 aliphatic carbocycles. The normalized spacial score (nSPS) is 15.7. The third kappa shape index (κ3) is 2.79. The first-order chi connectivity index (χ1) is 4.00. The van der Waals surface area contributed by atoms with Crippen LogP contribution < -0.4 is 11.5 Å². The van der Waals surface area contributed by atoms with E-state index in [9.17, 15) is 0 Å². The molecule has 0 amide bonds. The highest BCUT2D eigenvalue weighted by Crippen LogP contribution is 2.20. The van der Waals surface area contributed by atoms with Gasteiger partial charge in [0.2, 0.25) is 0 Å². The first-order valence-corrected chi connectivity index (χ1v) is 3.14. The van der Waals surface area contributed by atoms with Crippen LogP contribution in [0.1, 0.15) is 20.3 Å². The Hall–Kier alpha value is -0.120. The van der Waals surface area contributed by atoms with Gasteiger partial charge >= 0.3 is 0 Å². The van der Waals surface area contributed by atoms with E-state index in [-0.39, 0.29) is 5.41 Å². The fourth-order valence-corrected chi connectivity index (χ4v) is 0.520. The van der Waals surface area contributed by atoms with Crippen molar-refractivity contribution in [2.75, 3.05) is 6.54 Å². The summed E-state index contributed by atoms with van der Waals surface area (Å²) in [6.07, 6.45) is -0.00829. The Morgan fingerprint density at radius 1 is 1.56 bits per heavy atom. The first-order valence-electron chi connectivity index (χ1n) is 3.14. The summed E-state index contributed by atoms with van der Waals surface area (Å²) in [5.41, 5.74) is 10.3. The molecule has 0 saturated heterocycles. The number of hydrogen-bond acceptors (Lipinski definition) is 3. The van der Waals surface area contributed by atoms with E-state index < -0.39 is 6.23 Å². The van der Waals surface area contributed by atoms with Gasteiger partial charge in [-0.2, -0.15) is 0 Å². The van der Waals surface area contributed by atoms with Crippen molar-refractivity contribution in [3.8, 4) is 0 Å². The monoisotopic (exact) mass is 132 g/mol. The molecule has 0 aromatic rings. The van der Waals surface area contributed by atoms with Gasteiger partial charge in [0.05, 0.1) is 0 Å². The minimum Gasteiger partial charge on any atom is -0.378 e. The average molecular weight is 132 g/mol. The molecule has 9 heavy (non-hydrogen) atoms. The van der Waals surface area contributed by atoms with Gasteiger partial charge in [-0.05, 0) is 13.0 Å². The first kappa shape index (κ1) is 8.88. The van der Waals surface area contributed by atoms with Crippen LogP contribution in [0.2, 0.25) is 0 Å². The van der Waals surface area contributed by atoms with Gasteiger partial charge in [-0.15, -0.1) is 0 Å². The van der Waals surface area contributed by atoms with Crippen molar-refractivity contribution in [3.05, 3.63) is 0 Å². The number of rotatable bonds is 3. The van der Waals surface area contributed by atoms with Crippen LogP contribution in [0.3, 0.4) is 0 Å². The molecule has 0 fully saturated rings. The summed E-state index contributed by atoms with van der Waals surface area (Å²) in [5.74, 6) is 0. The summed E-state index contributed by atoms with van der Waals surface area (Å²) < 4.78 is 0. The zero-order valence-corrected chi connectivity index (χ0v) is 6.09. The number of aliphatic hydroxyl groups is 1. The lowest BCUT2D eigenvalue weighted by Gasteiger charge is -2.26. The topological polar surface area (TPSA) is 72.3 Å². The van der Waals surface area contributed by atoms with E-state index in [4.69, 9.17) is 16.6 Å². The molecule has 56 valence electrons. The molecule has 5 N–H and O–H groups in total. The summed E-state index contributed by atoms with van der Waals surface area (Å²) in [6.45, 7) is 4.36. The van der Waals surface area contributed by atoms with Crippen LogP contribution in [0.4, 0.5) is 0 Å². The van der Waals surface area contributed by atoms with Crippen LogP contribution in [0.15, 0.2) is 0 Å². The third-order valence-corrected chi connectivity index (χ3v) is 1.59. The van der Waals surface area contributed by atoms with Crippen LogP contribution in [-0.4, -0.2) is 17.9 Å². The standard InChI is InChI=1S/C6H16N2O/c1-6(2,3-4-7)5(8)9/h5,9H,3-4,7-8H2,1-2H3. The predicted octanol–water partition coefficient (Wildman–Crippen LogP) is -0.361. The van der Waals surface area contributed by atoms with Crippen LogP contribution in [0.5, 0.6) is 0 Å². The van der Waals surface area contributed by atoms with E-state index in [1.165, 1.54) is 0 Å². The Bertz CT molecular complexity index is 81.1. The fraction of sp³-hybridized carbons (Fsp3) is 1.00. The number of hydrogen-bond donors (Lipinski definition) is 3. The molecule has 0 rings (SSSR count). The zero-order valence-electron chi connectivity index (χ0n) is 6.09. The van der Waals surface area contributed by atoms with Gasteiger partial charge in [-0.3, -0.25) is 0 Å². The van der Waals surface area contributed by atoms with E-state index in [1.807, 2.05) is 13.8 Å². The van der Waals surface area contributed by atoms with Gasteiger partial charge < -0.3 is 16.6 Å². The summed E-state index contributed by atoms with van der Waals surface area (Å²) in [5, 5.41) is 8.93. The summed E-state index contributed by atoms with van der Waals surface area (Å²) in [7, 11) is 0. The Morgan fingerprint density at radius 3 is 2.11 bits per heavy atom. The molecule has 1 unspecified atom stereocenters. The molecule has 0 aromatic heterocycles. The Balaban J connectivity index is 3.70. The van der Waals surface area contributed by atoms with Crippen molar-refractivity contribution >= 4 is 0 Å². The van der Waals surface area contributed by atoms with Gasteiger partial charge in [0, 0.05) is 5.41 Å². The number of nitrogens with two attached hydrogens (primary N) is 2. The van der Waals surface area contributed by atoms with Crippen molar-refractivity contribution < 1.29 is 5.11 Å². The Labute approximate surface area is 56.0 Å². The molecule has 1 atom stereocenters. The second-order valence-electron chi connectivity index (χ2n) is 2.97. The maximum atomic E-state index is 8.93. The molecule has 0 spiro atoms. The number of aliphatic hydroxyl groups excluding tert-OH is 1. The quantitative estimate of drug-likeness (QED) is 0.459. The van der Waals surface area contributed by atoms with Gasteiger partial charge in [-0.1, -0.05) is 13.8 Å². The molecule has 0 aliphatic heterocycles. The minimum absolute atomic E-state index is 0.241. The second kappa shape index (κ2) is 3.15. The highest BCUT2D eigenvalue weighted by molar-refractivity contribution is 4.73. The molecule has 3 heteroatoms. The summed E-state index contributed by atoms with van der Waals surface area (Å²) in [4.78, 5) is 0. The molecular formula is C6H16N2O. The maximum Gasteiger partial charge on any atom is 0.107 e. The fourth-order valence-electron chi connectivity index (χ4n) is 0.520. The van der Waals surface area contributed by atoms with E-state index in [0.717, 1.165) is 6.42 Å². The van der Waals surface area contributed by atoms with E-state index >= 15 is 0 Å². The van der Waals surface area contributed by atoms with E-state index in [1.54, 1.807) is 0 Å². The van der Waals surface area contributed by atoms with Crippen molar-refractivity contribution in [1.29, 1.82) is 0 Å². The molecule has 3 nitrogen and oxygen atoms in total. The summed E-state index contributed by atoms with van der Waals surface area (Å²) >= 11 is 0. The Morgan fingerprint density at radius 2 is 2.00 bits per heavy atom. The van der Waals surface area contributed by atoms with E-state index in [0.29, 0.717) is 6.54 Å². The molecular weight excluding hydrogens is 116 g/mol. The van der Waals surface area contributed by atoms with Crippen LogP contribution in [0.25, 0.3) is 0 Å². The van der Waals surface area contributed by atoms with E-state index in [2.05, 4.69) is 0 Å². The van der Waals surface area contributed by atoms with Gasteiger partial charge in [0.15, 0.2) is 0 Å². The molecule has 0 saturated carbocycles. The van der Waals surface area contributed by atoms with Crippen molar-refractivity contribution in [1.82, 2.24) is 0 Å². The van der Waals surface area contributed by atoms with Gasteiger partial charge in [-0.25, -0.2) is 0 Å². The Kier molecular flexibility index (Phi) is 3.11. The van der Waals surface area contributed by atoms with Gasteiger partial charge in [0.25, 0.3) is 0 Å². The lowest BCUT2D eigenvalue weighted by atomic mass is 9.88. The van der Waals surface area contributed by atoms with Crippen LogP contribution >= 0.6 is 0 Å². The molecule has 0 heterocycles. The van der Waals surface area contributed by atoms with Crippen molar-refractivity contribution in [3.63, 3.8) is 0 Å². The van der Waals surface area contributed by atoms with Crippen LogP contribution in [-0.2, 0) is 0 Å². The summed E-state index contributed by atoms with van der Waals surface area (Å²) in [6, 6.07) is 0. The molecule has 0 aromatic carbocycles. The smallest absolute Gasteiger partial charge is 0.107 e. The lowest BCUT2D eigenvalue weighted by molar-refractivity contribution is 0.0513. The highest BCUT2D eigenvalue weighted by atomic mass is 16.3. The van der Waals surface area contributed by atoms with Crippen molar-refractivity contribution in [2.45, 2.75) is 26.5 Å². The zero-order chi connectivity index (χ0) is 7.49. The van der Waals surface area contributed by atoms with Crippen molar-refractivity contribution in [2.24, 2.45) is 16.9 Å². The van der Waals surface area contributed by atoms with Crippen LogP contribution in [0, 0.1) is 5.41 Å². The molecule has 0 radical (unpaired) electrons. The maximum absolute atomic E-state index is 8.93. The average Bonchev–Trinajstić information content (AvgIpc) is 1.65. The lowest BCUT2D eigenvalue weighted by Crippen LogP contribution is -2.38. The largest absolute Gasteiger partial charge is 0.378 e. The highest BCUT2D eigenvalue weighted by Gasteiger charge is 2.22. The van der Waals surface area contributed by atoms with Gasteiger partial charge in [0.1, 0.15) is 6.23 Å². The molecule has 0 aliphatic rings. The predicted molar refractivity (Wildman–Crippen MR) is 37.6 cm³/mol. The SMILES string of the molecule is CC(C)(CCN)C(N)O. The minimum atomic E-state index is -0.763. The molecule has 0 bridgehead atoms. The third-order valence-electron chi connectivity index (χ3n) is 1.59.